The van der Waals surface area contributed by atoms with E-state index in [1.165, 1.54) is 0 Å². The molecule has 0 aliphatic carbocycles. The Morgan fingerprint density at radius 3 is 1.42 bits per heavy atom. The summed E-state index contributed by atoms with van der Waals surface area (Å²) in [5, 5.41) is 0. The molecule has 0 radical (unpaired) electrons. The topological polar surface area (TPSA) is 54.0 Å². The molecule has 0 aromatic heterocycles. The van der Waals surface area contributed by atoms with Gasteiger partial charge in [-0.1, -0.05) is 24.3 Å². The van der Waals surface area contributed by atoms with Crippen LogP contribution in [-0.4, -0.2) is 32.6 Å². The second-order valence-electron chi connectivity index (χ2n) is 5.64. The first-order chi connectivity index (χ1) is 12.7. The minimum Gasteiger partial charge on any atom is -0.395 e. The van der Waals surface area contributed by atoms with Gasteiger partial charge in [0.25, 0.3) is 0 Å². The van der Waals surface area contributed by atoms with Gasteiger partial charge < -0.3 is 18.9 Å². The van der Waals surface area contributed by atoms with E-state index in [-0.39, 0.29) is 0 Å². The zero-order chi connectivity index (χ0) is 18.6. The minimum absolute atomic E-state index is 0.448. The molecule has 2 aromatic carbocycles. The Morgan fingerprint density at radius 1 is 0.692 bits per heavy atom. The second kappa shape index (κ2) is 11.3. The molecule has 0 unspecified atom stereocenters. The molecule has 0 heterocycles. The summed E-state index contributed by atoms with van der Waals surface area (Å²) in [5.74, 6) is 0.895. The molecular weight excluding hydrogens is 332 g/mol. The maximum absolute atomic E-state index is 11.9. The average molecular weight is 358 g/mol. The van der Waals surface area contributed by atoms with E-state index in [0.29, 0.717) is 37.9 Å². The van der Waals surface area contributed by atoms with Crippen LogP contribution in [0.15, 0.2) is 48.5 Å². The van der Waals surface area contributed by atoms with Crippen LogP contribution in [0.2, 0.25) is 0 Å². The van der Waals surface area contributed by atoms with Crippen LogP contribution < -0.4 is 9.47 Å². The van der Waals surface area contributed by atoms with Crippen molar-refractivity contribution in [3.63, 3.8) is 0 Å². The predicted molar refractivity (Wildman–Crippen MR) is 99.9 cm³/mol. The molecule has 0 spiro atoms. The molecule has 0 aliphatic rings. The Bertz CT molecular complexity index is 592. The number of carbonyl (C=O) groups is 1. The van der Waals surface area contributed by atoms with Crippen molar-refractivity contribution in [2.45, 2.75) is 26.7 Å². The summed E-state index contributed by atoms with van der Waals surface area (Å²) in [6.07, 6.45) is 0.900. The Hall–Kier alpha value is -2.37. The van der Waals surface area contributed by atoms with Gasteiger partial charge in [0, 0.05) is 13.2 Å². The lowest BCUT2D eigenvalue weighted by molar-refractivity contribution is 0.149. The Balaban J connectivity index is 1.78. The highest BCUT2D eigenvalue weighted by atomic mass is 16.7. The van der Waals surface area contributed by atoms with Crippen molar-refractivity contribution in [2.75, 3.05) is 26.4 Å². The largest absolute Gasteiger partial charge is 0.519 e. The molecule has 0 saturated heterocycles. The van der Waals surface area contributed by atoms with E-state index < -0.39 is 6.16 Å². The molecule has 0 bridgehead atoms. The van der Waals surface area contributed by atoms with Gasteiger partial charge in [-0.2, -0.15) is 0 Å². The third-order valence-corrected chi connectivity index (χ3v) is 3.73. The van der Waals surface area contributed by atoms with Gasteiger partial charge in [-0.25, -0.2) is 4.79 Å². The maximum atomic E-state index is 11.9. The Labute approximate surface area is 154 Å². The van der Waals surface area contributed by atoms with E-state index >= 15 is 0 Å². The number of benzene rings is 2. The van der Waals surface area contributed by atoms with Crippen LogP contribution in [-0.2, 0) is 22.3 Å². The van der Waals surface area contributed by atoms with Gasteiger partial charge in [-0.3, -0.25) is 0 Å². The molecule has 0 amide bonds. The standard InChI is InChI=1S/C21H26O5/c1-3-23-15-13-17-5-9-19(10-6-17)25-21(22)26-20-11-7-18(8-12-20)14-16-24-4-2/h5-12H,3-4,13-16H2,1-2H3. The van der Waals surface area contributed by atoms with E-state index in [0.717, 1.165) is 24.0 Å². The summed E-state index contributed by atoms with van der Waals surface area (Å²) in [5.41, 5.74) is 2.25. The second-order valence-corrected chi connectivity index (χ2v) is 5.64. The number of rotatable bonds is 10. The van der Waals surface area contributed by atoms with Gasteiger partial charge in [-0.15, -0.1) is 0 Å². The zero-order valence-corrected chi connectivity index (χ0v) is 15.4. The van der Waals surface area contributed by atoms with E-state index in [4.69, 9.17) is 18.9 Å². The van der Waals surface area contributed by atoms with E-state index in [9.17, 15) is 4.79 Å². The Kier molecular flexibility index (Phi) is 8.66. The molecular formula is C21H26O5. The van der Waals surface area contributed by atoms with Crippen molar-refractivity contribution in [3.05, 3.63) is 59.7 Å². The fourth-order valence-electron chi connectivity index (χ4n) is 2.33. The fraction of sp³-hybridized carbons (Fsp3) is 0.381. The highest BCUT2D eigenvalue weighted by Crippen LogP contribution is 2.16. The van der Waals surface area contributed by atoms with Crippen molar-refractivity contribution >= 4 is 6.16 Å². The van der Waals surface area contributed by atoms with Crippen LogP contribution in [0.1, 0.15) is 25.0 Å². The van der Waals surface area contributed by atoms with E-state index in [1.807, 2.05) is 38.1 Å². The molecule has 0 aliphatic heterocycles. The van der Waals surface area contributed by atoms with Gasteiger partial charge in [-0.05, 0) is 62.1 Å². The average Bonchev–Trinajstić information content (AvgIpc) is 2.65. The monoisotopic (exact) mass is 358 g/mol. The number of ether oxygens (including phenoxy) is 4. The molecule has 0 saturated carbocycles. The summed E-state index contributed by atoms with van der Waals surface area (Å²) in [7, 11) is 0. The highest BCUT2D eigenvalue weighted by molar-refractivity contribution is 5.67. The van der Waals surface area contributed by atoms with Crippen molar-refractivity contribution < 1.29 is 23.7 Å². The first-order valence-electron chi connectivity index (χ1n) is 8.94. The van der Waals surface area contributed by atoms with Gasteiger partial charge in [0.2, 0.25) is 0 Å². The normalized spacial score (nSPS) is 10.5. The summed E-state index contributed by atoms with van der Waals surface area (Å²) in [4.78, 5) is 11.9. The maximum Gasteiger partial charge on any atom is 0.519 e. The molecule has 5 heteroatoms. The molecule has 0 atom stereocenters. The summed E-state index contributed by atoms with van der Waals surface area (Å²) in [6, 6.07) is 14.6. The smallest absolute Gasteiger partial charge is 0.395 e. The zero-order valence-electron chi connectivity index (χ0n) is 15.4. The van der Waals surface area contributed by atoms with Crippen LogP contribution in [0.3, 0.4) is 0 Å². The highest BCUT2D eigenvalue weighted by Gasteiger charge is 2.08. The quantitative estimate of drug-likeness (QED) is 0.357. The van der Waals surface area contributed by atoms with Crippen molar-refractivity contribution in [1.82, 2.24) is 0 Å². The van der Waals surface area contributed by atoms with Crippen LogP contribution in [0.5, 0.6) is 11.5 Å². The SMILES string of the molecule is CCOCCc1ccc(OC(=O)Oc2ccc(CCOCC)cc2)cc1. The number of hydrogen-bond acceptors (Lipinski definition) is 5. The minimum atomic E-state index is -0.755. The predicted octanol–water partition coefficient (Wildman–Crippen LogP) is 4.42. The molecule has 140 valence electrons. The van der Waals surface area contributed by atoms with Crippen LogP contribution >= 0.6 is 0 Å². The van der Waals surface area contributed by atoms with Crippen LogP contribution in [0.25, 0.3) is 0 Å². The summed E-state index contributed by atoms with van der Waals surface area (Å²) < 4.78 is 21.0. The Morgan fingerprint density at radius 2 is 1.08 bits per heavy atom. The third-order valence-electron chi connectivity index (χ3n) is 3.73. The fourth-order valence-corrected chi connectivity index (χ4v) is 2.33. The molecule has 26 heavy (non-hydrogen) atoms. The van der Waals surface area contributed by atoms with E-state index in [1.54, 1.807) is 24.3 Å². The van der Waals surface area contributed by atoms with Crippen molar-refractivity contribution in [3.8, 4) is 11.5 Å². The third kappa shape index (κ3) is 7.25. The lowest BCUT2D eigenvalue weighted by atomic mass is 10.1. The summed E-state index contributed by atoms with van der Waals surface area (Å²) >= 11 is 0. The lowest BCUT2D eigenvalue weighted by Gasteiger charge is -2.07. The van der Waals surface area contributed by atoms with Gasteiger partial charge >= 0.3 is 6.16 Å². The number of hydrogen-bond donors (Lipinski definition) is 0. The van der Waals surface area contributed by atoms with Crippen LogP contribution in [0.4, 0.5) is 4.79 Å². The first kappa shape index (κ1) is 19.9. The lowest BCUT2D eigenvalue weighted by Crippen LogP contribution is -2.13. The van der Waals surface area contributed by atoms with Gasteiger partial charge in [0.15, 0.2) is 0 Å². The molecule has 2 rings (SSSR count). The molecule has 2 aromatic rings. The first-order valence-corrected chi connectivity index (χ1v) is 8.94. The molecule has 0 N–H and O–H groups in total. The van der Waals surface area contributed by atoms with Crippen molar-refractivity contribution in [1.29, 1.82) is 0 Å². The van der Waals surface area contributed by atoms with Gasteiger partial charge in [0.05, 0.1) is 13.2 Å². The molecule has 5 nitrogen and oxygen atoms in total. The molecule has 0 fully saturated rings. The van der Waals surface area contributed by atoms with Crippen molar-refractivity contribution in [2.24, 2.45) is 0 Å². The number of carbonyl (C=O) groups excluding carboxylic acids is 1. The van der Waals surface area contributed by atoms with E-state index in [2.05, 4.69) is 0 Å². The van der Waals surface area contributed by atoms with Crippen LogP contribution in [0, 0.1) is 0 Å². The summed E-state index contributed by atoms with van der Waals surface area (Å²) in [6.45, 7) is 6.72. The van der Waals surface area contributed by atoms with Gasteiger partial charge in [0.1, 0.15) is 11.5 Å².